The third-order valence-corrected chi connectivity index (χ3v) is 5.29. The molecule has 0 aromatic heterocycles. The van der Waals surface area contributed by atoms with Crippen LogP contribution in [0, 0.1) is 6.92 Å². The Morgan fingerprint density at radius 2 is 2.05 bits per heavy atom. The first-order valence-corrected chi connectivity index (χ1v) is 8.26. The average molecular weight is 340 g/mol. The summed E-state index contributed by atoms with van der Waals surface area (Å²) in [5.74, 6) is 0.990. The van der Waals surface area contributed by atoms with Gasteiger partial charge in [0.2, 0.25) is 0 Å². The molecule has 2 aliphatic heterocycles. The molecule has 4 heteroatoms. The topological polar surface area (TPSA) is 21.7 Å². The summed E-state index contributed by atoms with van der Waals surface area (Å²) >= 11 is 3.54. The summed E-state index contributed by atoms with van der Waals surface area (Å²) in [6.45, 7) is 5.84. The van der Waals surface area contributed by atoms with Gasteiger partial charge >= 0.3 is 0 Å². The highest BCUT2D eigenvalue weighted by Gasteiger charge is 2.36. The van der Waals surface area contributed by atoms with Crippen molar-refractivity contribution < 1.29 is 9.47 Å². The summed E-state index contributed by atoms with van der Waals surface area (Å²) < 4.78 is 12.6. The Morgan fingerprint density at radius 3 is 2.80 bits per heavy atom. The van der Waals surface area contributed by atoms with Gasteiger partial charge in [-0.05, 0) is 38.3 Å². The van der Waals surface area contributed by atoms with Crippen molar-refractivity contribution in [3.05, 3.63) is 28.2 Å². The van der Waals surface area contributed by atoms with E-state index in [2.05, 4.69) is 27.8 Å². The normalized spacial score (nSPS) is 25.9. The zero-order valence-corrected chi connectivity index (χ0v) is 13.6. The molecule has 1 aromatic carbocycles. The van der Waals surface area contributed by atoms with E-state index in [9.17, 15) is 0 Å². The van der Waals surface area contributed by atoms with E-state index < -0.39 is 0 Å². The Balaban J connectivity index is 1.45. The lowest BCUT2D eigenvalue weighted by molar-refractivity contribution is -0.0160. The van der Waals surface area contributed by atoms with Crippen molar-refractivity contribution in [2.45, 2.75) is 38.3 Å². The standard InChI is InChI=1S/C16H22BrNO2/c1-12-15(17)4-2-5-16(12)20-9-3-8-18-13-6-7-14(18)11-19-10-13/h2,4-5,13-14H,3,6-11H2,1H3. The monoisotopic (exact) mass is 339 g/mol. The van der Waals surface area contributed by atoms with Gasteiger partial charge in [0.25, 0.3) is 0 Å². The summed E-state index contributed by atoms with van der Waals surface area (Å²) in [5, 5.41) is 0. The fraction of sp³-hybridized carbons (Fsp3) is 0.625. The first-order valence-electron chi connectivity index (χ1n) is 7.47. The van der Waals surface area contributed by atoms with E-state index in [4.69, 9.17) is 9.47 Å². The van der Waals surface area contributed by atoms with Gasteiger partial charge in [0.1, 0.15) is 5.75 Å². The van der Waals surface area contributed by atoms with E-state index in [1.807, 2.05) is 18.2 Å². The molecule has 0 aliphatic carbocycles. The van der Waals surface area contributed by atoms with E-state index in [0.717, 1.165) is 43.0 Å². The van der Waals surface area contributed by atoms with E-state index in [1.54, 1.807) is 0 Å². The van der Waals surface area contributed by atoms with Crippen molar-refractivity contribution in [2.75, 3.05) is 26.4 Å². The fourth-order valence-electron chi connectivity index (χ4n) is 3.25. The fourth-order valence-corrected chi connectivity index (χ4v) is 3.60. The van der Waals surface area contributed by atoms with Crippen LogP contribution in [0.2, 0.25) is 0 Å². The van der Waals surface area contributed by atoms with Gasteiger partial charge in [0, 0.05) is 28.7 Å². The zero-order chi connectivity index (χ0) is 13.9. The SMILES string of the molecule is Cc1c(Br)cccc1OCCCN1C2CCC1COC2. The average Bonchev–Trinajstić information content (AvgIpc) is 2.68. The van der Waals surface area contributed by atoms with E-state index in [1.165, 1.54) is 18.4 Å². The van der Waals surface area contributed by atoms with Crippen LogP contribution in [0.1, 0.15) is 24.8 Å². The van der Waals surface area contributed by atoms with E-state index in [-0.39, 0.29) is 0 Å². The minimum Gasteiger partial charge on any atom is -0.493 e. The zero-order valence-electron chi connectivity index (χ0n) is 12.0. The first-order chi connectivity index (χ1) is 9.75. The van der Waals surface area contributed by atoms with Gasteiger partial charge in [0.15, 0.2) is 0 Å². The molecule has 110 valence electrons. The number of hydrogen-bond acceptors (Lipinski definition) is 3. The molecule has 0 saturated carbocycles. The molecule has 1 aromatic rings. The van der Waals surface area contributed by atoms with E-state index in [0.29, 0.717) is 12.1 Å². The van der Waals surface area contributed by atoms with Gasteiger partial charge in [0.05, 0.1) is 19.8 Å². The number of fused-ring (bicyclic) bond motifs is 2. The van der Waals surface area contributed by atoms with Crippen LogP contribution in [0.4, 0.5) is 0 Å². The number of rotatable bonds is 5. The lowest BCUT2D eigenvalue weighted by atomic mass is 10.2. The van der Waals surface area contributed by atoms with Crippen molar-refractivity contribution in [2.24, 2.45) is 0 Å². The molecule has 2 unspecified atom stereocenters. The predicted molar refractivity (Wildman–Crippen MR) is 83.3 cm³/mol. The molecule has 0 amide bonds. The number of halogens is 1. The second-order valence-electron chi connectivity index (χ2n) is 5.73. The maximum Gasteiger partial charge on any atom is 0.123 e. The minimum absolute atomic E-state index is 0.654. The molecule has 2 saturated heterocycles. The smallest absolute Gasteiger partial charge is 0.123 e. The van der Waals surface area contributed by atoms with Crippen molar-refractivity contribution in [1.82, 2.24) is 4.90 Å². The Hall–Kier alpha value is -0.580. The van der Waals surface area contributed by atoms with Crippen LogP contribution in [0.3, 0.4) is 0 Å². The van der Waals surface area contributed by atoms with E-state index >= 15 is 0 Å². The molecule has 3 rings (SSSR count). The maximum absolute atomic E-state index is 5.91. The molecule has 0 radical (unpaired) electrons. The number of ether oxygens (including phenoxy) is 2. The molecular formula is C16H22BrNO2. The summed E-state index contributed by atoms with van der Waals surface area (Å²) in [4.78, 5) is 2.63. The minimum atomic E-state index is 0.654. The Morgan fingerprint density at radius 1 is 1.30 bits per heavy atom. The molecule has 0 N–H and O–H groups in total. The molecular weight excluding hydrogens is 318 g/mol. The van der Waals surface area contributed by atoms with Gasteiger partial charge < -0.3 is 9.47 Å². The van der Waals surface area contributed by atoms with Crippen LogP contribution in [0.5, 0.6) is 5.75 Å². The first kappa shape index (κ1) is 14.4. The van der Waals surface area contributed by atoms with Gasteiger partial charge in [-0.2, -0.15) is 0 Å². The molecule has 20 heavy (non-hydrogen) atoms. The quantitative estimate of drug-likeness (QED) is 0.767. The highest BCUT2D eigenvalue weighted by atomic mass is 79.9. The number of morpholine rings is 1. The van der Waals surface area contributed by atoms with Crippen LogP contribution in [0.15, 0.2) is 22.7 Å². The molecule has 2 heterocycles. The molecule has 2 bridgehead atoms. The lowest BCUT2D eigenvalue weighted by Crippen LogP contribution is -2.46. The van der Waals surface area contributed by atoms with Gasteiger partial charge in [-0.25, -0.2) is 0 Å². The Kier molecular flexibility index (Phi) is 4.64. The van der Waals surface area contributed by atoms with Gasteiger partial charge in [-0.1, -0.05) is 22.0 Å². The maximum atomic E-state index is 5.91. The van der Waals surface area contributed by atoms with Crippen LogP contribution in [-0.4, -0.2) is 43.3 Å². The number of hydrogen-bond donors (Lipinski definition) is 0. The van der Waals surface area contributed by atoms with Crippen molar-refractivity contribution in [1.29, 1.82) is 0 Å². The van der Waals surface area contributed by atoms with Crippen molar-refractivity contribution in [3.63, 3.8) is 0 Å². The van der Waals surface area contributed by atoms with Crippen LogP contribution < -0.4 is 4.74 Å². The lowest BCUT2D eigenvalue weighted by Gasteiger charge is -2.34. The third kappa shape index (κ3) is 3.02. The van der Waals surface area contributed by atoms with Crippen LogP contribution in [0.25, 0.3) is 0 Å². The van der Waals surface area contributed by atoms with Crippen LogP contribution in [-0.2, 0) is 4.74 Å². The number of nitrogens with zero attached hydrogens (tertiary/aromatic N) is 1. The summed E-state index contributed by atoms with van der Waals surface area (Å²) in [5.41, 5.74) is 1.18. The molecule has 0 spiro atoms. The largest absolute Gasteiger partial charge is 0.493 e. The van der Waals surface area contributed by atoms with Crippen molar-refractivity contribution in [3.8, 4) is 5.75 Å². The van der Waals surface area contributed by atoms with Gasteiger partial charge in [-0.3, -0.25) is 4.90 Å². The molecule has 2 fully saturated rings. The Bertz CT molecular complexity index is 450. The Labute approximate surface area is 129 Å². The highest BCUT2D eigenvalue weighted by molar-refractivity contribution is 9.10. The molecule has 2 atom stereocenters. The summed E-state index contributed by atoms with van der Waals surface area (Å²) in [6.07, 6.45) is 3.69. The predicted octanol–water partition coefficient (Wildman–Crippen LogP) is 3.39. The van der Waals surface area contributed by atoms with Crippen LogP contribution >= 0.6 is 15.9 Å². The third-order valence-electron chi connectivity index (χ3n) is 4.43. The highest BCUT2D eigenvalue weighted by Crippen LogP contribution is 2.29. The second kappa shape index (κ2) is 6.46. The number of benzene rings is 1. The van der Waals surface area contributed by atoms with Gasteiger partial charge in [-0.15, -0.1) is 0 Å². The summed E-state index contributed by atoms with van der Waals surface area (Å²) in [6, 6.07) is 7.42. The molecule has 3 nitrogen and oxygen atoms in total. The van der Waals surface area contributed by atoms with Crippen molar-refractivity contribution >= 4 is 15.9 Å². The second-order valence-corrected chi connectivity index (χ2v) is 6.58. The molecule has 2 aliphatic rings. The summed E-state index contributed by atoms with van der Waals surface area (Å²) in [7, 11) is 0.